The topological polar surface area (TPSA) is 62.7 Å². The van der Waals surface area contributed by atoms with Gasteiger partial charge in [-0.2, -0.15) is 5.10 Å². The molecule has 1 amide bonds. The fraction of sp³-hybridized carbons (Fsp3) is 0.222. The maximum Gasteiger partial charge on any atom is 0.262 e. The van der Waals surface area contributed by atoms with Crippen molar-refractivity contribution in [2.75, 3.05) is 12.4 Å². The number of halogens is 2. The van der Waals surface area contributed by atoms with E-state index in [1.165, 1.54) is 6.21 Å². The Labute approximate surface area is 157 Å². The fourth-order valence-electron chi connectivity index (χ4n) is 2.15. The van der Waals surface area contributed by atoms with E-state index in [9.17, 15) is 4.79 Å². The molecule has 0 aliphatic heterocycles. The van der Waals surface area contributed by atoms with Gasteiger partial charge in [0.25, 0.3) is 5.91 Å². The number of rotatable bonds is 7. The quantitative estimate of drug-likeness (QED) is 0.555. The van der Waals surface area contributed by atoms with Crippen molar-refractivity contribution >= 4 is 41.0 Å². The van der Waals surface area contributed by atoms with Crippen molar-refractivity contribution in [3.05, 3.63) is 58.1 Å². The van der Waals surface area contributed by atoms with Crippen molar-refractivity contribution in [3.8, 4) is 5.75 Å². The second-order valence-electron chi connectivity index (χ2n) is 5.21. The summed E-state index contributed by atoms with van der Waals surface area (Å²) in [6.45, 7) is 1.91. The Bertz CT molecular complexity index is 766. The van der Waals surface area contributed by atoms with Crippen LogP contribution in [-0.4, -0.2) is 25.3 Å². The van der Waals surface area contributed by atoms with Gasteiger partial charge >= 0.3 is 0 Å². The number of amides is 1. The number of anilines is 1. The van der Waals surface area contributed by atoms with Crippen LogP contribution in [0.15, 0.2) is 47.6 Å². The van der Waals surface area contributed by atoms with Crippen LogP contribution in [0.5, 0.6) is 5.75 Å². The van der Waals surface area contributed by atoms with Gasteiger partial charge in [-0.25, -0.2) is 5.43 Å². The van der Waals surface area contributed by atoms with Gasteiger partial charge in [0, 0.05) is 10.6 Å². The predicted molar refractivity (Wildman–Crippen MR) is 103 cm³/mol. The number of hydrogen-bond donors (Lipinski definition) is 2. The van der Waals surface area contributed by atoms with E-state index in [1.807, 2.05) is 31.2 Å². The average Bonchev–Trinajstić information content (AvgIpc) is 2.61. The van der Waals surface area contributed by atoms with Crippen LogP contribution < -0.4 is 15.5 Å². The first-order chi connectivity index (χ1) is 12.0. The lowest BCUT2D eigenvalue weighted by Gasteiger charge is -2.18. The first-order valence-corrected chi connectivity index (χ1v) is 8.48. The van der Waals surface area contributed by atoms with Crippen LogP contribution in [0.2, 0.25) is 10.0 Å². The molecule has 0 aromatic heterocycles. The summed E-state index contributed by atoms with van der Waals surface area (Å²) in [5.74, 6) is 0.417. The Kier molecular flexibility index (Phi) is 7.10. The Morgan fingerprint density at radius 2 is 2.04 bits per heavy atom. The summed E-state index contributed by atoms with van der Waals surface area (Å²) < 4.78 is 5.28. The summed E-state index contributed by atoms with van der Waals surface area (Å²) in [5.41, 5.74) is 3.93. The third kappa shape index (κ3) is 5.37. The number of nitrogens with one attached hydrogen (secondary N) is 2. The SMILES string of the molecule is CCC(Nc1ccccc1OC)C(=O)NN=Cc1ccc(Cl)cc1Cl. The molecule has 2 aromatic rings. The van der Waals surface area contributed by atoms with Crippen molar-refractivity contribution in [2.24, 2.45) is 5.10 Å². The molecule has 0 saturated heterocycles. The van der Waals surface area contributed by atoms with Gasteiger partial charge in [-0.05, 0) is 30.7 Å². The fourth-order valence-corrected chi connectivity index (χ4v) is 2.61. The van der Waals surface area contributed by atoms with Crippen LogP contribution in [0.3, 0.4) is 0 Å². The number of hydrazone groups is 1. The minimum atomic E-state index is -0.450. The standard InChI is InChI=1S/C18H19Cl2N3O2/c1-3-15(22-16-6-4-5-7-17(16)25-2)18(24)23-21-11-12-8-9-13(19)10-14(12)20/h4-11,15,22H,3H2,1-2H3,(H,23,24). The average molecular weight is 380 g/mol. The van der Waals surface area contributed by atoms with E-state index >= 15 is 0 Å². The number of nitrogens with zero attached hydrogens (tertiary/aromatic N) is 1. The summed E-state index contributed by atoms with van der Waals surface area (Å²) in [6.07, 6.45) is 2.06. The number of benzene rings is 2. The first kappa shape index (κ1) is 19.1. The van der Waals surface area contributed by atoms with Gasteiger partial charge in [-0.3, -0.25) is 4.79 Å². The second kappa shape index (κ2) is 9.30. The molecule has 0 saturated carbocycles. The number of ether oxygens (including phenoxy) is 1. The largest absolute Gasteiger partial charge is 0.495 e. The Hall–Kier alpha value is -2.24. The van der Waals surface area contributed by atoms with Gasteiger partial charge in [-0.1, -0.05) is 48.3 Å². The summed E-state index contributed by atoms with van der Waals surface area (Å²) in [5, 5.41) is 8.13. The van der Waals surface area contributed by atoms with Gasteiger partial charge in [0.2, 0.25) is 0 Å². The molecule has 5 nitrogen and oxygen atoms in total. The van der Waals surface area contributed by atoms with Gasteiger partial charge < -0.3 is 10.1 Å². The maximum atomic E-state index is 12.3. The highest BCUT2D eigenvalue weighted by Gasteiger charge is 2.17. The van der Waals surface area contributed by atoms with E-state index in [1.54, 1.807) is 25.3 Å². The number of methoxy groups -OCH3 is 1. The number of hydrogen-bond acceptors (Lipinski definition) is 4. The van der Waals surface area contributed by atoms with Gasteiger partial charge in [-0.15, -0.1) is 0 Å². The highest BCUT2D eigenvalue weighted by molar-refractivity contribution is 6.36. The number of carbonyl (C=O) groups is 1. The molecule has 0 aliphatic rings. The molecule has 0 fully saturated rings. The van der Waals surface area contributed by atoms with E-state index in [0.29, 0.717) is 27.8 Å². The van der Waals surface area contributed by atoms with Crippen molar-refractivity contribution in [2.45, 2.75) is 19.4 Å². The summed E-state index contributed by atoms with van der Waals surface area (Å²) in [4.78, 5) is 12.3. The van der Waals surface area contributed by atoms with E-state index < -0.39 is 6.04 Å². The molecule has 1 unspecified atom stereocenters. The first-order valence-electron chi connectivity index (χ1n) is 7.72. The molecular weight excluding hydrogens is 361 g/mol. The highest BCUT2D eigenvalue weighted by atomic mass is 35.5. The molecule has 25 heavy (non-hydrogen) atoms. The van der Waals surface area contributed by atoms with E-state index in [2.05, 4.69) is 15.8 Å². The molecule has 132 valence electrons. The number of para-hydroxylation sites is 2. The molecule has 2 N–H and O–H groups in total. The monoisotopic (exact) mass is 379 g/mol. The molecular formula is C18H19Cl2N3O2. The Morgan fingerprint density at radius 3 is 2.72 bits per heavy atom. The van der Waals surface area contributed by atoms with Crippen molar-refractivity contribution in [1.29, 1.82) is 0 Å². The zero-order chi connectivity index (χ0) is 18.2. The van der Waals surface area contributed by atoms with Crippen LogP contribution in [0.25, 0.3) is 0 Å². The molecule has 7 heteroatoms. The molecule has 0 radical (unpaired) electrons. The lowest BCUT2D eigenvalue weighted by molar-refractivity contribution is -0.121. The van der Waals surface area contributed by atoms with Crippen LogP contribution in [0, 0.1) is 0 Å². The normalized spacial score (nSPS) is 12.0. The van der Waals surface area contributed by atoms with Crippen LogP contribution in [-0.2, 0) is 4.79 Å². The molecule has 1 atom stereocenters. The second-order valence-corrected chi connectivity index (χ2v) is 6.05. The molecule has 2 rings (SSSR count). The zero-order valence-electron chi connectivity index (χ0n) is 13.9. The lowest BCUT2D eigenvalue weighted by atomic mass is 10.2. The van der Waals surface area contributed by atoms with E-state index in [4.69, 9.17) is 27.9 Å². The third-order valence-corrected chi connectivity index (χ3v) is 4.06. The Morgan fingerprint density at radius 1 is 1.28 bits per heavy atom. The molecule has 2 aromatic carbocycles. The smallest absolute Gasteiger partial charge is 0.262 e. The lowest BCUT2D eigenvalue weighted by Crippen LogP contribution is -2.37. The predicted octanol–water partition coefficient (Wildman–Crippen LogP) is 4.34. The zero-order valence-corrected chi connectivity index (χ0v) is 15.4. The van der Waals surface area contributed by atoms with Crippen molar-refractivity contribution in [3.63, 3.8) is 0 Å². The van der Waals surface area contributed by atoms with E-state index in [-0.39, 0.29) is 5.91 Å². The summed E-state index contributed by atoms with van der Waals surface area (Å²) in [7, 11) is 1.59. The number of carbonyl (C=O) groups excluding carboxylic acids is 1. The molecule has 0 aliphatic carbocycles. The minimum Gasteiger partial charge on any atom is -0.495 e. The molecule has 0 bridgehead atoms. The van der Waals surface area contributed by atoms with Gasteiger partial charge in [0.15, 0.2) is 0 Å². The van der Waals surface area contributed by atoms with Gasteiger partial charge in [0.1, 0.15) is 11.8 Å². The van der Waals surface area contributed by atoms with Crippen LogP contribution >= 0.6 is 23.2 Å². The van der Waals surface area contributed by atoms with Crippen molar-refractivity contribution < 1.29 is 9.53 Å². The maximum absolute atomic E-state index is 12.3. The summed E-state index contributed by atoms with van der Waals surface area (Å²) >= 11 is 11.9. The molecule has 0 spiro atoms. The van der Waals surface area contributed by atoms with E-state index in [0.717, 1.165) is 5.69 Å². The van der Waals surface area contributed by atoms with Crippen molar-refractivity contribution in [1.82, 2.24) is 5.43 Å². The Balaban J connectivity index is 2.01. The van der Waals surface area contributed by atoms with Crippen LogP contribution in [0.1, 0.15) is 18.9 Å². The molecule has 0 heterocycles. The highest BCUT2D eigenvalue weighted by Crippen LogP contribution is 2.24. The van der Waals surface area contributed by atoms with Crippen LogP contribution in [0.4, 0.5) is 5.69 Å². The summed E-state index contributed by atoms with van der Waals surface area (Å²) in [6, 6.07) is 12.0. The third-order valence-electron chi connectivity index (χ3n) is 3.50. The minimum absolute atomic E-state index is 0.255. The van der Waals surface area contributed by atoms with Gasteiger partial charge in [0.05, 0.1) is 24.0 Å².